The van der Waals surface area contributed by atoms with Gasteiger partial charge in [0.25, 0.3) is 5.56 Å². The fraction of sp³-hybridized carbons (Fsp3) is 0.364. The molecule has 33 heavy (non-hydrogen) atoms. The van der Waals surface area contributed by atoms with Crippen LogP contribution in [0, 0.1) is 4.77 Å². The van der Waals surface area contributed by atoms with E-state index in [1.807, 2.05) is 11.0 Å². The molecule has 0 radical (unpaired) electrons. The smallest absolute Gasteiger partial charge is 0.356 e. The van der Waals surface area contributed by atoms with E-state index < -0.39 is 11.7 Å². The van der Waals surface area contributed by atoms with Crippen molar-refractivity contribution in [1.29, 1.82) is 0 Å². The van der Waals surface area contributed by atoms with Gasteiger partial charge in [0, 0.05) is 38.3 Å². The average Bonchev–Trinajstić information content (AvgIpc) is 2.79. The van der Waals surface area contributed by atoms with Crippen molar-refractivity contribution in [2.75, 3.05) is 18.0 Å². The van der Waals surface area contributed by atoms with Crippen molar-refractivity contribution < 1.29 is 18.0 Å². The minimum absolute atomic E-state index is 0.0499. The zero-order chi connectivity index (χ0) is 23.6. The third-order valence-electron chi connectivity index (χ3n) is 5.71. The Balaban J connectivity index is 1.30. The van der Waals surface area contributed by atoms with E-state index in [9.17, 15) is 22.8 Å². The molecule has 1 aromatic carbocycles. The summed E-state index contributed by atoms with van der Waals surface area (Å²) in [5.41, 5.74) is -0.360. The normalized spacial score (nSPS) is 15.1. The van der Waals surface area contributed by atoms with Gasteiger partial charge in [-0.05, 0) is 49.3 Å². The molecule has 0 aliphatic carbocycles. The van der Waals surface area contributed by atoms with Crippen LogP contribution in [0.1, 0.15) is 24.8 Å². The van der Waals surface area contributed by atoms with Crippen molar-refractivity contribution in [2.24, 2.45) is 0 Å². The molecule has 11 heteroatoms. The van der Waals surface area contributed by atoms with Gasteiger partial charge in [-0.3, -0.25) is 14.2 Å². The van der Waals surface area contributed by atoms with Crippen LogP contribution in [0.2, 0.25) is 0 Å². The van der Waals surface area contributed by atoms with E-state index in [1.165, 1.54) is 10.6 Å². The summed E-state index contributed by atoms with van der Waals surface area (Å²) in [6.45, 7) is 1.30. The first kappa shape index (κ1) is 23.0. The van der Waals surface area contributed by atoms with E-state index in [0.29, 0.717) is 42.7 Å². The number of carbonyl (C=O) groups is 1. The van der Waals surface area contributed by atoms with Crippen LogP contribution in [0.25, 0.3) is 10.9 Å². The van der Waals surface area contributed by atoms with E-state index in [4.69, 9.17) is 12.2 Å². The fourth-order valence-corrected chi connectivity index (χ4v) is 4.19. The maximum absolute atomic E-state index is 12.7. The van der Waals surface area contributed by atoms with Crippen LogP contribution in [-0.2, 0) is 17.5 Å². The number of nitrogens with zero attached hydrogens (tertiary/aromatic N) is 3. The number of piperidine rings is 1. The van der Waals surface area contributed by atoms with E-state index in [0.717, 1.165) is 12.3 Å². The number of para-hydroxylation sites is 1. The summed E-state index contributed by atoms with van der Waals surface area (Å²) in [6.07, 6.45) is -2.18. The quantitative estimate of drug-likeness (QED) is 0.549. The summed E-state index contributed by atoms with van der Waals surface area (Å²) in [6, 6.07) is 9.40. The second kappa shape index (κ2) is 9.34. The number of halogens is 3. The monoisotopic (exact) mass is 477 g/mol. The molecule has 0 bridgehead atoms. The van der Waals surface area contributed by atoms with Crippen LogP contribution in [0.3, 0.4) is 0 Å². The lowest BCUT2D eigenvalue weighted by molar-refractivity contribution is -0.137. The van der Waals surface area contributed by atoms with Gasteiger partial charge in [0.1, 0.15) is 5.82 Å². The molecule has 2 aromatic heterocycles. The number of alkyl halides is 3. The van der Waals surface area contributed by atoms with Crippen molar-refractivity contribution in [3.05, 3.63) is 63.3 Å². The lowest BCUT2D eigenvalue weighted by Crippen LogP contribution is -2.45. The van der Waals surface area contributed by atoms with Crippen molar-refractivity contribution in [1.82, 2.24) is 19.9 Å². The van der Waals surface area contributed by atoms with Crippen LogP contribution in [-0.4, -0.2) is 39.6 Å². The lowest BCUT2D eigenvalue weighted by atomic mass is 10.0. The van der Waals surface area contributed by atoms with Gasteiger partial charge in [-0.15, -0.1) is 0 Å². The highest BCUT2D eigenvalue weighted by atomic mass is 32.1. The largest absolute Gasteiger partial charge is 0.417 e. The summed E-state index contributed by atoms with van der Waals surface area (Å²) in [7, 11) is 0. The van der Waals surface area contributed by atoms with Gasteiger partial charge in [-0.2, -0.15) is 13.2 Å². The highest BCUT2D eigenvalue weighted by molar-refractivity contribution is 7.71. The number of fused-ring (bicyclic) bond motifs is 1. The molecule has 1 aliphatic heterocycles. The number of aromatic amines is 1. The molecule has 3 aromatic rings. The molecule has 174 valence electrons. The van der Waals surface area contributed by atoms with Crippen molar-refractivity contribution >= 4 is 34.8 Å². The maximum Gasteiger partial charge on any atom is 0.417 e. The molecule has 0 unspecified atom stereocenters. The van der Waals surface area contributed by atoms with Crippen LogP contribution >= 0.6 is 12.2 Å². The number of aromatic nitrogens is 3. The number of hydrogen-bond donors (Lipinski definition) is 2. The highest BCUT2D eigenvalue weighted by Crippen LogP contribution is 2.29. The molecular weight excluding hydrogens is 455 g/mol. The van der Waals surface area contributed by atoms with Crippen LogP contribution < -0.4 is 15.8 Å². The Morgan fingerprint density at radius 2 is 1.91 bits per heavy atom. The minimum atomic E-state index is -4.41. The molecule has 0 spiro atoms. The molecule has 4 rings (SSSR count). The van der Waals surface area contributed by atoms with Gasteiger partial charge >= 0.3 is 6.18 Å². The van der Waals surface area contributed by atoms with Crippen LogP contribution in [0.5, 0.6) is 0 Å². The Hall–Kier alpha value is -3.21. The number of hydrogen-bond acceptors (Lipinski definition) is 5. The number of amides is 1. The topological polar surface area (TPSA) is 83.0 Å². The SMILES string of the molecule is O=C(CCn1c(=S)[nH]c2ccccc2c1=O)NC1CCN(c2ccc(C(F)(F)F)cn2)CC1. The molecular formula is C22H22F3N5O2S. The Morgan fingerprint density at radius 1 is 1.18 bits per heavy atom. The van der Waals surface area contributed by atoms with Gasteiger partial charge < -0.3 is 15.2 Å². The first-order valence-electron chi connectivity index (χ1n) is 10.5. The zero-order valence-electron chi connectivity index (χ0n) is 17.6. The number of H-pyrrole nitrogens is 1. The van der Waals surface area contributed by atoms with Crippen molar-refractivity contribution in [3.63, 3.8) is 0 Å². The zero-order valence-corrected chi connectivity index (χ0v) is 18.4. The second-order valence-corrected chi connectivity index (χ2v) is 8.30. The van der Waals surface area contributed by atoms with Crippen molar-refractivity contribution in [3.8, 4) is 0 Å². The van der Waals surface area contributed by atoms with Gasteiger partial charge in [0.15, 0.2) is 4.77 Å². The molecule has 7 nitrogen and oxygen atoms in total. The predicted octanol–water partition coefficient (Wildman–Crippen LogP) is 3.65. The van der Waals surface area contributed by atoms with Crippen LogP contribution in [0.15, 0.2) is 47.4 Å². The predicted molar refractivity (Wildman–Crippen MR) is 121 cm³/mol. The van der Waals surface area contributed by atoms with E-state index in [-0.39, 0.29) is 35.2 Å². The van der Waals surface area contributed by atoms with E-state index in [2.05, 4.69) is 15.3 Å². The molecule has 0 saturated carbocycles. The lowest BCUT2D eigenvalue weighted by Gasteiger charge is -2.33. The summed E-state index contributed by atoms with van der Waals surface area (Å²) in [4.78, 5) is 34.0. The summed E-state index contributed by atoms with van der Waals surface area (Å²) in [5, 5.41) is 3.48. The van der Waals surface area contributed by atoms with Gasteiger partial charge in [0.2, 0.25) is 5.91 Å². The summed E-state index contributed by atoms with van der Waals surface area (Å²) < 4.78 is 39.7. The van der Waals surface area contributed by atoms with Gasteiger partial charge in [0.05, 0.1) is 16.5 Å². The highest BCUT2D eigenvalue weighted by Gasteiger charge is 2.31. The first-order chi connectivity index (χ1) is 15.7. The third kappa shape index (κ3) is 5.24. The molecule has 2 N–H and O–H groups in total. The number of nitrogens with one attached hydrogen (secondary N) is 2. The Bertz CT molecular complexity index is 1260. The Morgan fingerprint density at radius 3 is 2.58 bits per heavy atom. The molecule has 3 heterocycles. The molecule has 1 amide bonds. The molecule has 1 aliphatic rings. The second-order valence-electron chi connectivity index (χ2n) is 7.91. The van der Waals surface area contributed by atoms with Gasteiger partial charge in [-0.25, -0.2) is 4.98 Å². The summed E-state index contributed by atoms with van der Waals surface area (Å²) >= 11 is 5.27. The Kier molecular flexibility index (Phi) is 6.50. The van der Waals surface area contributed by atoms with Crippen LogP contribution in [0.4, 0.5) is 19.0 Å². The Labute approximate surface area is 192 Å². The average molecular weight is 478 g/mol. The standard InChI is InChI=1S/C22H22F3N5O2S/c23-22(24,25)14-5-6-18(26-13-14)29-10-7-15(8-11-29)27-19(31)9-12-30-20(32)16-3-1-2-4-17(16)28-21(30)33/h1-6,13,15H,7-12H2,(H,27,31)(H,28,33). The van der Waals surface area contributed by atoms with E-state index in [1.54, 1.807) is 18.2 Å². The van der Waals surface area contributed by atoms with Gasteiger partial charge in [-0.1, -0.05) is 12.1 Å². The number of carbonyl (C=O) groups excluding carboxylic acids is 1. The number of benzene rings is 1. The first-order valence-corrected chi connectivity index (χ1v) is 10.9. The summed E-state index contributed by atoms with van der Waals surface area (Å²) in [5.74, 6) is 0.299. The number of anilines is 1. The van der Waals surface area contributed by atoms with Crippen molar-refractivity contribution in [2.45, 2.75) is 38.0 Å². The third-order valence-corrected chi connectivity index (χ3v) is 6.03. The molecule has 0 atom stereocenters. The molecule has 1 saturated heterocycles. The number of rotatable bonds is 5. The molecule has 1 fully saturated rings. The van der Waals surface area contributed by atoms with E-state index >= 15 is 0 Å². The maximum atomic E-state index is 12.7. The minimum Gasteiger partial charge on any atom is -0.356 e. The number of pyridine rings is 1. The fourth-order valence-electron chi connectivity index (χ4n) is 3.91.